The lowest BCUT2D eigenvalue weighted by Crippen LogP contribution is -2.37. The first-order valence-corrected chi connectivity index (χ1v) is 8.39. The van der Waals surface area contributed by atoms with Gasteiger partial charge in [0.05, 0.1) is 24.3 Å². The van der Waals surface area contributed by atoms with E-state index in [9.17, 15) is 13.9 Å². The van der Waals surface area contributed by atoms with E-state index in [0.717, 1.165) is 28.7 Å². The molecule has 0 amide bonds. The molecule has 27 heavy (non-hydrogen) atoms. The van der Waals surface area contributed by atoms with E-state index < -0.39 is 17.2 Å². The van der Waals surface area contributed by atoms with Crippen molar-refractivity contribution >= 4 is 10.9 Å². The van der Waals surface area contributed by atoms with Crippen LogP contribution in [0, 0.1) is 18.6 Å². The molecule has 1 atom stereocenters. The summed E-state index contributed by atoms with van der Waals surface area (Å²) in [5, 5.41) is 20.9. The number of fused-ring (bicyclic) bond motifs is 1. The van der Waals surface area contributed by atoms with E-state index >= 15 is 0 Å². The minimum atomic E-state index is -1.72. The molecule has 4 aromatic rings. The highest BCUT2D eigenvalue weighted by Gasteiger charge is 2.35. The van der Waals surface area contributed by atoms with Gasteiger partial charge in [-0.15, -0.1) is 0 Å². The molecule has 0 spiro atoms. The van der Waals surface area contributed by atoms with Crippen LogP contribution in [0.3, 0.4) is 0 Å². The van der Waals surface area contributed by atoms with Gasteiger partial charge in [-0.2, -0.15) is 10.2 Å². The van der Waals surface area contributed by atoms with Crippen molar-refractivity contribution < 1.29 is 13.9 Å². The summed E-state index contributed by atoms with van der Waals surface area (Å²) in [5.41, 5.74) is -0.133. The van der Waals surface area contributed by atoms with Crippen LogP contribution in [-0.4, -0.2) is 29.7 Å². The summed E-state index contributed by atoms with van der Waals surface area (Å²) in [5.74, 6) is -1.54. The number of halogens is 2. The fourth-order valence-electron chi connectivity index (χ4n) is 3.33. The van der Waals surface area contributed by atoms with Crippen LogP contribution in [0.1, 0.15) is 11.3 Å². The van der Waals surface area contributed by atoms with Crippen molar-refractivity contribution in [3.8, 4) is 0 Å². The second kappa shape index (κ2) is 6.55. The first-order chi connectivity index (χ1) is 13.0. The molecule has 0 radical (unpaired) electrons. The van der Waals surface area contributed by atoms with Crippen LogP contribution < -0.4 is 0 Å². The van der Waals surface area contributed by atoms with Gasteiger partial charge in [-0.1, -0.05) is 24.3 Å². The van der Waals surface area contributed by atoms with Gasteiger partial charge in [-0.3, -0.25) is 4.68 Å². The van der Waals surface area contributed by atoms with Crippen LogP contribution in [0.5, 0.6) is 0 Å². The summed E-state index contributed by atoms with van der Waals surface area (Å²) in [4.78, 5) is 3.86. The summed E-state index contributed by atoms with van der Waals surface area (Å²) < 4.78 is 30.9. The van der Waals surface area contributed by atoms with E-state index in [1.807, 2.05) is 31.2 Å². The summed E-state index contributed by atoms with van der Waals surface area (Å²) >= 11 is 0. The molecule has 0 aliphatic heterocycles. The van der Waals surface area contributed by atoms with Crippen molar-refractivity contribution in [2.24, 2.45) is 0 Å². The summed E-state index contributed by atoms with van der Waals surface area (Å²) in [6.45, 7) is 1.76. The second-order valence-electron chi connectivity index (χ2n) is 6.51. The SMILES string of the molecule is Cc1nn(CC(O)(Cn2cncn2)c2ccc(F)cc2F)c2ccccc12. The standard InChI is InChI=1S/C19H17F2N5O/c1-13-15-4-2-3-5-18(15)26(24-13)10-19(27,9-25-12-22-11-23-25)16-7-6-14(20)8-17(16)21/h2-8,11-12,27H,9-10H2,1H3. The number of rotatable bonds is 5. The van der Waals surface area contributed by atoms with Gasteiger partial charge in [-0.25, -0.2) is 18.4 Å². The Hall–Kier alpha value is -3.13. The number of aliphatic hydroxyl groups is 1. The van der Waals surface area contributed by atoms with Crippen LogP contribution in [0.4, 0.5) is 8.78 Å². The lowest BCUT2D eigenvalue weighted by Gasteiger charge is -2.29. The van der Waals surface area contributed by atoms with Gasteiger partial charge in [0.1, 0.15) is 29.9 Å². The molecule has 1 N–H and O–H groups in total. The molecule has 0 saturated heterocycles. The Morgan fingerprint density at radius 3 is 2.67 bits per heavy atom. The third-order valence-electron chi connectivity index (χ3n) is 4.58. The summed E-state index contributed by atoms with van der Waals surface area (Å²) in [6, 6.07) is 10.7. The lowest BCUT2D eigenvalue weighted by atomic mass is 9.92. The van der Waals surface area contributed by atoms with E-state index in [1.165, 1.54) is 23.4 Å². The molecule has 0 bridgehead atoms. The van der Waals surface area contributed by atoms with Crippen LogP contribution in [0.15, 0.2) is 55.1 Å². The molecule has 1 unspecified atom stereocenters. The number of hydrogen-bond donors (Lipinski definition) is 1. The largest absolute Gasteiger partial charge is 0.381 e. The number of nitrogens with zero attached hydrogens (tertiary/aromatic N) is 5. The Kier molecular flexibility index (Phi) is 4.19. The number of aryl methyl sites for hydroxylation is 1. The zero-order chi connectivity index (χ0) is 19.0. The highest BCUT2D eigenvalue weighted by molar-refractivity contribution is 5.81. The van der Waals surface area contributed by atoms with Crippen LogP contribution in [0.2, 0.25) is 0 Å². The van der Waals surface area contributed by atoms with Crippen molar-refractivity contribution in [2.45, 2.75) is 25.6 Å². The molecule has 2 aromatic carbocycles. The second-order valence-corrected chi connectivity index (χ2v) is 6.51. The maximum Gasteiger partial charge on any atom is 0.137 e. The Morgan fingerprint density at radius 2 is 1.93 bits per heavy atom. The van der Waals surface area contributed by atoms with Crippen LogP contribution in [0.25, 0.3) is 10.9 Å². The van der Waals surface area contributed by atoms with Crippen molar-refractivity contribution in [1.82, 2.24) is 24.5 Å². The number of aromatic nitrogens is 5. The van der Waals surface area contributed by atoms with Gasteiger partial charge in [-0.05, 0) is 19.1 Å². The highest BCUT2D eigenvalue weighted by atomic mass is 19.1. The molecule has 6 nitrogen and oxygen atoms in total. The van der Waals surface area contributed by atoms with E-state index in [1.54, 1.807) is 4.68 Å². The minimum absolute atomic E-state index is 0.0309. The molecule has 8 heteroatoms. The minimum Gasteiger partial charge on any atom is -0.381 e. The average Bonchev–Trinajstić information content (AvgIpc) is 3.23. The molecule has 138 valence electrons. The van der Waals surface area contributed by atoms with Crippen molar-refractivity contribution in [3.63, 3.8) is 0 Å². The maximum atomic E-state index is 14.5. The van der Waals surface area contributed by atoms with Crippen molar-refractivity contribution in [3.05, 3.63) is 78.0 Å². The van der Waals surface area contributed by atoms with Gasteiger partial charge in [0.15, 0.2) is 0 Å². The Balaban J connectivity index is 1.82. The predicted molar refractivity (Wildman–Crippen MR) is 94.7 cm³/mol. The molecule has 2 heterocycles. The van der Waals surface area contributed by atoms with Crippen LogP contribution in [-0.2, 0) is 18.7 Å². The summed E-state index contributed by atoms with van der Waals surface area (Å²) in [7, 11) is 0. The molecule has 0 aliphatic carbocycles. The molecule has 0 fully saturated rings. The molecule has 2 aromatic heterocycles. The summed E-state index contributed by atoms with van der Waals surface area (Å²) in [6.07, 6.45) is 2.76. The highest BCUT2D eigenvalue weighted by Crippen LogP contribution is 2.30. The van der Waals surface area contributed by atoms with Crippen LogP contribution >= 0.6 is 0 Å². The van der Waals surface area contributed by atoms with E-state index in [2.05, 4.69) is 15.2 Å². The normalized spacial score (nSPS) is 13.8. The fourth-order valence-corrected chi connectivity index (χ4v) is 3.33. The van der Waals surface area contributed by atoms with E-state index in [0.29, 0.717) is 0 Å². The van der Waals surface area contributed by atoms with Gasteiger partial charge >= 0.3 is 0 Å². The molecular weight excluding hydrogens is 352 g/mol. The van der Waals surface area contributed by atoms with E-state index in [4.69, 9.17) is 0 Å². The number of hydrogen-bond acceptors (Lipinski definition) is 4. The smallest absolute Gasteiger partial charge is 0.137 e. The monoisotopic (exact) mass is 369 g/mol. The third-order valence-corrected chi connectivity index (χ3v) is 4.58. The molecular formula is C19H17F2N5O. The zero-order valence-corrected chi connectivity index (χ0v) is 14.5. The Bertz CT molecular complexity index is 1090. The first-order valence-electron chi connectivity index (χ1n) is 8.39. The Labute approximate surface area is 153 Å². The third kappa shape index (κ3) is 3.19. The lowest BCUT2D eigenvalue weighted by molar-refractivity contribution is -0.00739. The number of benzene rings is 2. The number of para-hydroxylation sites is 1. The van der Waals surface area contributed by atoms with Crippen molar-refractivity contribution in [1.29, 1.82) is 0 Å². The molecule has 0 saturated carbocycles. The van der Waals surface area contributed by atoms with Gasteiger partial charge in [0, 0.05) is 17.0 Å². The van der Waals surface area contributed by atoms with Crippen molar-refractivity contribution in [2.75, 3.05) is 0 Å². The molecule has 4 rings (SSSR count). The fraction of sp³-hybridized carbons (Fsp3) is 0.211. The molecule has 0 aliphatic rings. The first kappa shape index (κ1) is 17.3. The Morgan fingerprint density at radius 1 is 1.11 bits per heavy atom. The maximum absolute atomic E-state index is 14.5. The van der Waals surface area contributed by atoms with Gasteiger partial charge in [0.25, 0.3) is 0 Å². The van der Waals surface area contributed by atoms with Gasteiger partial charge in [0.2, 0.25) is 0 Å². The van der Waals surface area contributed by atoms with E-state index in [-0.39, 0.29) is 18.7 Å². The zero-order valence-electron chi connectivity index (χ0n) is 14.5. The van der Waals surface area contributed by atoms with Gasteiger partial charge < -0.3 is 5.11 Å². The quantitative estimate of drug-likeness (QED) is 0.587. The average molecular weight is 369 g/mol. The predicted octanol–water partition coefficient (Wildman–Crippen LogP) is 2.80. The topological polar surface area (TPSA) is 68.8 Å².